The first-order valence-electron chi connectivity index (χ1n) is 47.0. The second-order valence-electron chi connectivity index (χ2n) is 37.3. The van der Waals surface area contributed by atoms with Crippen LogP contribution in [-0.4, -0.2) is 0 Å². The molecule has 0 heterocycles. The predicted octanol–water partition coefficient (Wildman–Crippen LogP) is 35.7. The van der Waals surface area contributed by atoms with Gasteiger partial charge in [-0.2, -0.15) is 0 Å². The topological polar surface area (TPSA) is 15.3 Å². The summed E-state index contributed by atoms with van der Waals surface area (Å²) in [6, 6.07) is 183. The van der Waals surface area contributed by atoms with E-state index in [2.05, 4.69) is 551 Å². The van der Waals surface area contributed by atoms with Gasteiger partial charge >= 0.3 is 0 Å². The molecule has 4 aliphatic rings. The second kappa shape index (κ2) is 33.4. The number of rotatable bonds is 13. The Morgan fingerprint density at radius 1 is 0.185 bits per heavy atom. The number of nitrogens with one attached hydrogen (secondary N) is 1. The van der Waals surface area contributed by atoms with E-state index in [0.29, 0.717) is 0 Å². The van der Waals surface area contributed by atoms with Gasteiger partial charge in [-0.25, -0.2) is 0 Å². The molecule has 640 valence electrons. The summed E-state index contributed by atoms with van der Waals surface area (Å²) in [5.74, 6) is 0. The number of halogens is 1. The lowest BCUT2D eigenvalue weighted by atomic mass is 9.67. The van der Waals surface area contributed by atoms with Crippen molar-refractivity contribution in [2.75, 3.05) is 10.2 Å². The molecule has 0 saturated heterocycles. The molecule has 0 radical (unpaired) electrons. The summed E-state index contributed by atoms with van der Waals surface area (Å²) in [5, 5.41) is 14.0. The lowest BCUT2D eigenvalue weighted by molar-refractivity contribution is 0.660. The summed E-state index contributed by atoms with van der Waals surface area (Å²) in [6.07, 6.45) is 0. The molecule has 22 aromatic carbocycles. The highest BCUT2D eigenvalue weighted by Crippen LogP contribution is 2.61. The van der Waals surface area contributed by atoms with Crippen molar-refractivity contribution in [3.8, 4) is 89.0 Å². The van der Waals surface area contributed by atoms with E-state index >= 15 is 0 Å². The maximum Gasteiger partial charge on any atom is 0.0714 e. The number of hydrogen-bond donors (Lipinski definition) is 1. The van der Waals surface area contributed by atoms with Crippen LogP contribution in [0.2, 0.25) is 0 Å². The second-order valence-corrected chi connectivity index (χ2v) is 38.2. The van der Waals surface area contributed by atoms with Gasteiger partial charge in [-0.15, -0.1) is 0 Å². The van der Waals surface area contributed by atoms with Crippen LogP contribution in [0.1, 0.15) is 94.5 Å². The zero-order chi connectivity index (χ0) is 90.5. The van der Waals surface area contributed by atoms with E-state index in [1.165, 1.54) is 199 Å². The van der Waals surface area contributed by atoms with Crippen molar-refractivity contribution in [3.05, 3.63) is 569 Å². The standard InChI is InChI=1S/C66H47N.C40H31N.C26H17Br/c1-65(2)59-32-18-16-26-51(59)53-40-38-49(42-61(53)65)67(50-39-41-54-52-27-17-19-33-60(52)66(62(54)43-50,46-22-8-4-9-23-46)47-24-10-5-11-25-47)48-36-34-45(35-37-48)64-57-30-14-12-28-55(57)63(44-20-6-3-7-21-44)56-29-13-15-31-58(56)64;1-39(2)35-19-11-9-17-31(35)33-23-21-29(25-37(33)39)41-30-22-24-34-32-18-10-12-20-36(32)40(38(34)26-30,27-13-5-3-6-14-27)28-15-7-4-8-16-28;27-20-16-14-19(15-17-20)26-23-12-6-4-10-21(23)25(18-8-2-1-3-9-18)22-11-5-7-13-24(22)26/h3-43H,1-2H3;3-26,41H,1-2H3;1-17H. The molecule has 0 fully saturated rings. The van der Waals surface area contributed by atoms with Gasteiger partial charge < -0.3 is 10.2 Å². The minimum Gasteiger partial charge on any atom is -0.356 e. The minimum atomic E-state index is -0.518. The third-order valence-corrected chi connectivity index (χ3v) is 29.9. The molecule has 0 spiro atoms. The van der Waals surface area contributed by atoms with Crippen molar-refractivity contribution in [1.82, 2.24) is 0 Å². The number of fused-ring (bicyclic) bond motifs is 16. The van der Waals surface area contributed by atoms with E-state index in [1.807, 2.05) is 0 Å². The van der Waals surface area contributed by atoms with E-state index in [1.54, 1.807) is 0 Å². The maximum absolute atomic E-state index is 3.80. The van der Waals surface area contributed by atoms with Crippen LogP contribution in [-0.2, 0) is 21.7 Å². The van der Waals surface area contributed by atoms with Crippen LogP contribution in [0, 0.1) is 0 Å². The van der Waals surface area contributed by atoms with Crippen LogP contribution in [0.5, 0.6) is 0 Å². The molecule has 3 heteroatoms. The summed E-state index contributed by atoms with van der Waals surface area (Å²) >= 11 is 3.56. The van der Waals surface area contributed by atoms with Gasteiger partial charge in [0.25, 0.3) is 0 Å². The maximum atomic E-state index is 3.80. The Labute approximate surface area is 798 Å². The first-order valence-corrected chi connectivity index (χ1v) is 47.8. The third kappa shape index (κ3) is 13.4. The Hall–Kier alpha value is -16.0. The Balaban J connectivity index is 0.000000124. The number of hydrogen-bond acceptors (Lipinski definition) is 2. The fourth-order valence-electron chi connectivity index (χ4n) is 23.4. The van der Waals surface area contributed by atoms with Crippen LogP contribution in [0.25, 0.3) is 132 Å². The Morgan fingerprint density at radius 3 is 0.763 bits per heavy atom. The quantitative estimate of drug-likeness (QED) is 0.116. The van der Waals surface area contributed by atoms with E-state index < -0.39 is 10.8 Å². The van der Waals surface area contributed by atoms with Crippen LogP contribution in [0.3, 0.4) is 0 Å². The Morgan fingerprint density at radius 2 is 0.415 bits per heavy atom. The van der Waals surface area contributed by atoms with E-state index in [9.17, 15) is 0 Å². The molecule has 4 aliphatic carbocycles. The van der Waals surface area contributed by atoms with Crippen molar-refractivity contribution < 1.29 is 0 Å². The molecule has 0 atom stereocenters. The van der Waals surface area contributed by atoms with Crippen molar-refractivity contribution in [2.24, 2.45) is 0 Å². The molecule has 26 rings (SSSR count). The molecule has 0 unspecified atom stereocenters. The van der Waals surface area contributed by atoms with E-state index in [0.717, 1.165) is 32.9 Å². The zero-order valence-electron chi connectivity index (χ0n) is 75.7. The molecular weight excluding hydrogens is 1690 g/mol. The van der Waals surface area contributed by atoms with Crippen LogP contribution in [0.4, 0.5) is 28.4 Å². The van der Waals surface area contributed by atoms with Crippen LogP contribution < -0.4 is 10.2 Å². The molecule has 22 aromatic rings. The molecule has 0 saturated carbocycles. The molecule has 0 bridgehead atoms. The lowest BCUT2D eigenvalue weighted by Crippen LogP contribution is -2.28. The monoisotopic (exact) mass is 1790 g/mol. The molecule has 0 amide bonds. The fourth-order valence-corrected chi connectivity index (χ4v) is 23.7. The number of nitrogens with zero attached hydrogens (tertiary/aromatic N) is 1. The van der Waals surface area contributed by atoms with Gasteiger partial charge in [0.2, 0.25) is 0 Å². The minimum absolute atomic E-state index is 0.0288. The van der Waals surface area contributed by atoms with Gasteiger partial charge in [-0.05, 0) is 272 Å². The normalized spacial score (nSPS) is 13.6. The van der Waals surface area contributed by atoms with Crippen LogP contribution >= 0.6 is 15.9 Å². The average molecular weight is 1790 g/mol. The average Bonchev–Trinajstić information content (AvgIpc) is 1.53. The summed E-state index contributed by atoms with van der Waals surface area (Å²) in [4.78, 5) is 2.49. The number of benzene rings is 22. The summed E-state index contributed by atoms with van der Waals surface area (Å²) in [5.41, 5.74) is 40.9. The third-order valence-electron chi connectivity index (χ3n) is 29.4. The highest BCUT2D eigenvalue weighted by Gasteiger charge is 2.49. The summed E-state index contributed by atoms with van der Waals surface area (Å²) < 4.78 is 1.10. The Kier molecular flexibility index (Phi) is 20.3. The molecule has 0 aliphatic heterocycles. The molecule has 2 nitrogen and oxygen atoms in total. The van der Waals surface area contributed by atoms with E-state index in [-0.39, 0.29) is 10.8 Å². The van der Waals surface area contributed by atoms with Crippen molar-refractivity contribution >= 4 is 87.5 Å². The van der Waals surface area contributed by atoms with Gasteiger partial charge in [0, 0.05) is 43.7 Å². The number of anilines is 5. The first kappa shape index (κ1) is 82.1. The SMILES string of the molecule is Brc1ccc(-c2c3ccccc3c(-c3ccccc3)c3ccccc23)cc1.CC1(C)c2ccccc2-c2ccc(N(c3ccc(-c4c5ccccc5c(-c5ccccc5)c5ccccc45)cc3)c3ccc4c(c3)C(c3ccccc3)(c3ccccc3)c3ccccc3-4)cc21.CC1(C)c2ccccc2-c2ccc(Nc3ccc4c(c3)C(c3ccccc3)(c3ccccc3)c3ccccc3-4)cc21. The molecule has 1 N–H and O–H groups in total. The highest BCUT2D eigenvalue weighted by molar-refractivity contribution is 9.10. The summed E-state index contributed by atoms with van der Waals surface area (Å²) in [6.45, 7) is 9.42. The highest BCUT2D eigenvalue weighted by atomic mass is 79.9. The first-order chi connectivity index (χ1) is 66.4. The smallest absolute Gasteiger partial charge is 0.0714 e. The summed E-state index contributed by atoms with van der Waals surface area (Å²) in [7, 11) is 0. The molecule has 135 heavy (non-hydrogen) atoms. The largest absolute Gasteiger partial charge is 0.356 e. The fraction of sp³-hybridized carbons (Fsp3) is 0.0606. The van der Waals surface area contributed by atoms with Crippen molar-refractivity contribution in [2.45, 2.75) is 49.4 Å². The van der Waals surface area contributed by atoms with Gasteiger partial charge in [0.05, 0.1) is 10.8 Å². The van der Waals surface area contributed by atoms with Gasteiger partial charge in [0.1, 0.15) is 0 Å². The van der Waals surface area contributed by atoms with Gasteiger partial charge in [-0.3, -0.25) is 0 Å². The van der Waals surface area contributed by atoms with Crippen molar-refractivity contribution in [3.63, 3.8) is 0 Å². The molecule has 0 aromatic heterocycles. The van der Waals surface area contributed by atoms with Crippen LogP contribution in [0.15, 0.2) is 502 Å². The zero-order valence-corrected chi connectivity index (χ0v) is 77.3. The Bertz CT molecular complexity index is 8160. The molecular formula is C132H95BrN2. The van der Waals surface area contributed by atoms with Crippen molar-refractivity contribution in [1.29, 1.82) is 0 Å². The van der Waals surface area contributed by atoms with E-state index in [4.69, 9.17) is 0 Å². The lowest BCUT2D eigenvalue weighted by Gasteiger charge is -2.35. The van der Waals surface area contributed by atoms with Gasteiger partial charge in [-0.1, -0.05) is 468 Å². The van der Waals surface area contributed by atoms with Gasteiger partial charge in [0.15, 0.2) is 0 Å². The predicted molar refractivity (Wildman–Crippen MR) is 573 cm³/mol.